The van der Waals surface area contributed by atoms with E-state index in [1.807, 2.05) is 51.1 Å². The van der Waals surface area contributed by atoms with Gasteiger partial charge in [0.05, 0.1) is 5.92 Å². The topological polar surface area (TPSA) is 37.3 Å². The number of benzene rings is 1. The smallest absolute Gasteiger partial charge is 0.170 e. The van der Waals surface area contributed by atoms with E-state index < -0.39 is 5.92 Å². The molecule has 0 bridgehead atoms. The van der Waals surface area contributed by atoms with Gasteiger partial charge < -0.3 is 5.11 Å². The molecule has 1 unspecified atom stereocenters. The Morgan fingerprint density at radius 1 is 1.11 bits per heavy atom. The van der Waals surface area contributed by atoms with E-state index in [-0.39, 0.29) is 17.0 Å². The molecule has 1 aliphatic rings. The monoisotopic (exact) mass is 256 g/mol. The van der Waals surface area contributed by atoms with E-state index in [0.717, 1.165) is 11.1 Å². The summed E-state index contributed by atoms with van der Waals surface area (Å²) in [5.41, 5.74) is 1.61. The molecular formula is C17H20O2. The summed E-state index contributed by atoms with van der Waals surface area (Å²) in [6.45, 7) is 5.93. The van der Waals surface area contributed by atoms with E-state index in [4.69, 9.17) is 0 Å². The first-order valence-electron chi connectivity index (χ1n) is 6.57. The molecule has 0 aliphatic heterocycles. The Labute approximate surface area is 114 Å². The molecule has 1 atom stereocenters. The van der Waals surface area contributed by atoms with Gasteiger partial charge in [0.25, 0.3) is 0 Å². The first kappa shape index (κ1) is 13.6. The largest absolute Gasteiger partial charge is 0.512 e. The molecule has 0 radical (unpaired) electrons. The fraction of sp³-hybridized carbons (Fsp3) is 0.353. The van der Waals surface area contributed by atoms with Gasteiger partial charge in [-0.1, -0.05) is 57.2 Å². The first-order valence-corrected chi connectivity index (χ1v) is 6.57. The van der Waals surface area contributed by atoms with Gasteiger partial charge in [0.2, 0.25) is 0 Å². The second-order valence-corrected chi connectivity index (χ2v) is 6.11. The van der Waals surface area contributed by atoms with Crippen molar-refractivity contribution in [2.45, 2.75) is 27.2 Å². The molecule has 0 saturated carbocycles. The molecular weight excluding hydrogens is 236 g/mol. The third-order valence-corrected chi connectivity index (χ3v) is 3.43. The number of carbonyl (C=O) groups is 1. The van der Waals surface area contributed by atoms with Gasteiger partial charge in [0, 0.05) is 12.0 Å². The number of rotatable bonds is 2. The summed E-state index contributed by atoms with van der Waals surface area (Å²) in [6.07, 6.45) is 4.03. The predicted octanol–water partition coefficient (Wildman–Crippen LogP) is 3.84. The Morgan fingerprint density at radius 2 is 1.74 bits per heavy atom. The Bertz CT molecular complexity index is 530. The number of hydrogen-bond acceptors (Lipinski definition) is 2. The third kappa shape index (κ3) is 2.95. The lowest BCUT2D eigenvalue weighted by molar-refractivity contribution is -0.122. The lowest BCUT2D eigenvalue weighted by atomic mass is 9.72. The second kappa shape index (κ2) is 5.04. The summed E-state index contributed by atoms with van der Waals surface area (Å²) >= 11 is 0. The van der Waals surface area contributed by atoms with E-state index in [0.29, 0.717) is 6.42 Å². The maximum Gasteiger partial charge on any atom is 0.170 e. The van der Waals surface area contributed by atoms with Crippen molar-refractivity contribution in [2.24, 2.45) is 11.3 Å². The summed E-state index contributed by atoms with van der Waals surface area (Å²) in [5, 5.41) is 9.95. The maximum atomic E-state index is 12.5. The van der Waals surface area contributed by atoms with Crippen LogP contribution >= 0.6 is 0 Å². The zero-order valence-corrected chi connectivity index (χ0v) is 11.7. The van der Waals surface area contributed by atoms with Crippen LogP contribution < -0.4 is 0 Å². The van der Waals surface area contributed by atoms with Crippen molar-refractivity contribution in [3.8, 4) is 0 Å². The Hall–Kier alpha value is -1.83. The van der Waals surface area contributed by atoms with Gasteiger partial charge >= 0.3 is 0 Å². The molecule has 1 aromatic rings. The van der Waals surface area contributed by atoms with E-state index in [1.54, 1.807) is 12.2 Å². The van der Waals surface area contributed by atoms with E-state index in [2.05, 4.69) is 0 Å². The maximum absolute atomic E-state index is 12.5. The molecule has 1 aromatic carbocycles. The molecule has 0 fully saturated rings. The molecule has 1 aliphatic carbocycles. The van der Waals surface area contributed by atoms with Crippen molar-refractivity contribution in [2.75, 3.05) is 0 Å². The van der Waals surface area contributed by atoms with Gasteiger partial charge in [-0.3, -0.25) is 4.79 Å². The lowest BCUT2D eigenvalue weighted by Crippen LogP contribution is -2.33. The Balaban J connectivity index is 2.26. The molecule has 0 spiro atoms. The molecule has 0 heterocycles. The summed E-state index contributed by atoms with van der Waals surface area (Å²) in [5.74, 6) is -0.220. The number of Topliss-reactive ketones (excluding diaryl/α,β-unsaturated/α-hetero) is 1. The molecule has 2 nitrogen and oxygen atoms in total. The SMILES string of the molecule is CC(C)(C)C1C(=O)C(Cc2ccccc2)=CC=C1O. The van der Waals surface area contributed by atoms with Crippen LogP contribution in [0.3, 0.4) is 0 Å². The zero-order valence-electron chi connectivity index (χ0n) is 11.7. The molecule has 0 aromatic heterocycles. The summed E-state index contributed by atoms with van der Waals surface area (Å²) in [7, 11) is 0. The van der Waals surface area contributed by atoms with Gasteiger partial charge in [-0.15, -0.1) is 0 Å². The highest BCUT2D eigenvalue weighted by molar-refractivity contribution is 6.00. The van der Waals surface area contributed by atoms with E-state index >= 15 is 0 Å². The minimum atomic E-state index is -0.434. The minimum absolute atomic E-state index is 0.0383. The Morgan fingerprint density at radius 3 is 2.32 bits per heavy atom. The summed E-state index contributed by atoms with van der Waals surface area (Å²) < 4.78 is 0. The number of carbonyl (C=O) groups excluding carboxylic acids is 1. The number of ketones is 1. The summed E-state index contributed by atoms with van der Waals surface area (Å²) in [6, 6.07) is 9.93. The van der Waals surface area contributed by atoms with Crippen molar-refractivity contribution in [3.63, 3.8) is 0 Å². The molecule has 2 heteroatoms. The molecule has 100 valence electrons. The normalized spacial score (nSPS) is 19.9. The lowest BCUT2D eigenvalue weighted by Gasteiger charge is -2.31. The van der Waals surface area contributed by atoms with Crippen molar-refractivity contribution >= 4 is 5.78 Å². The van der Waals surface area contributed by atoms with Crippen LogP contribution in [0.1, 0.15) is 26.3 Å². The number of allylic oxidation sites excluding steroid dienone is 4. The van der Waals surface area contributed by atoms with Gasteiger partial charge in [0.15, 0.2) is 5.78 Å². The molecule has 0 saturated heterocycles. The van der Waals surface area contributed by atoms with Crippen LogP contribution in [0.5, 0.6) is 0 Å². The summed E-state index contributed by atoms with van der Waals surface area (Å²) in [4.78, 5) is 12.5. The van der Waals surface area contributed by atoms with Crippen LogP contribution in [0.25, 0.3) is 0 Å². The average Bonchev–Trinajstić information content (AvgIpc) is 2.32. The zero-order chi connectivity index (χ0) is 14.0. The van der Waals surface area contributed by atoms with Gasteiger partial charge in [-0.25, -0.2) is 0 Å². The van der Waals surface area contributed by atoms with Crippen LogP contribution in [0, 0.1) is 11.3 Å². The number of hydrogen-bond donors (Lipinski definition) is 1. The molecule has 2 rings (SSSR count). The van der Waals surface area contributed by atoms with Crippen LogP contribution in [0.15, 0.2) is 53.8 Å². The van der Waals surface area contributed by atoms with Crippen molar-refractivity contribution in [1.29, 1.82) is 0 Å². The van der Waals surface area contributed by atoms with E-state index in [1.165, 1.54) is 0 Å². The number of aliphatic hydroxyl groups is 1. The van der Waals surface area contributed by atoms with Crippen LogP contribution in [0.2, 0.25) is 0 Å². The predicted molar refractivity (Wildman–Crippen MR) is 76.9 cm³/mol. The number of aliphatic hydroxyl groups excluding tert-OH is 1. The highest BCUT2D eigenvalue weighted by Crippen LogP contribution is 2.36. The minimum Gasteiger partial charge on any atom is -0.512 e. The van der Waals surface area contributed by atoms with Crippen LogP contribution in [-0.4, -0.2) is 10.9 Å². The van der Waals surface area contributed by atoms with Crippen LogP contribution in [0.4, 0.5) is 0 Å². The van der Waals surface area contributed by atoms with Crippen molar-refractivity contribution < 1.29 is 9.90 Å². The standard InChI is InChI=1S/C17H20O2/c1-17(2,3)15-14(18)10-9-13(16(15)19)11-12-7-5-4-6-8-12/h4-10,15,18H,11H2,1-3H3. The fourth-order valence-electron chi connectivity index (χ4n) is 2.48. The van der Waals surface area contributed by atoms with Gasteiger partial charge in [0.1, 0.15) is 5.76 Å². The molecule has 1 N–H and O–H groups in total. The first-order chi connectivity index (χ1) is 8.89. The average molecular weight is 256 g/mol. The molecule has 19 heavy (non-hydrogen) atoms. The van der Waals surface area contributed by atoms with Gasteiger partial charge in [-0.05, 0) is 17.1 Å². The van der Waals surface area contributed by atoms with Crippen molar-refractivity contribution in [3.05, 3.63) is 59.4 Å². The quantitative estimate of drug-likeness (QED) is 0.872. The van der Waals surface area contributed by atoms with E-state index in [9.17, 15) is 9.90 Å². The second-order valence-electron chi connectivity index (χ2n) is 6.11. The van der Waals surface area contributed by atoms with Crippen molar-refractivity contribution in [1.82, 2.24) is 0 Å². The highest BCUT2D eigenvalue weighted by atomic mass is 16.3. The molecule has 0 amide bonds. The third-order valence-electron chi connectivity index (χ3n) is 3.43. The highest BCUT2D eigenvalue weighted by Gasteiger charge is 2.37. The Kier molecular flexibility index (Phi) is 3.61. The van der Waals surface area contributed by atoms with Crippen LogP contribution in [-0.2, 0) is 11.2 Å². The fourth-order valence-corrected chi connectivity index (χ4v) is 2.48. The van der Waals surface area contributed by atoms with Gasteiger partial charge in [-0.2, -0.15) is 0 Å².